The molecule has 6 nitrogen and oxygen atoms in total. The number of anilines is 1. The molecule has 3 heterocycles. The molecule has 2 saturated carbocycles. The average molecular weight is 526 g/mol. The molecule has 0 unspecified atom stereocenters. The zero-order valence-corrected chi connectivity index (χ0v) is 21.1. The molecule has 3 aliphatic heterocycles. The number of hydrogen-bond acceptors (Lipinski definition) is 5. The van der Waals surface area contributed by atoms with Gasteiger partial charge in [0.15, 0.2) is 5.82 Å². The van der Waals surface area contributed by atoms with E-state index in [-0.39, 0.29) is 47.3 Å². The Morgan fingerprint density at radius 2 is 2.03 bits per heavy atom. The number of likely N-dealkylation sites (tertiary alicyclic amines) is 1. The van der Waals surface area contributed by atoms with Gasteiger partial charge in [-0.1, -0.05) is 12.5 Å². The molecule has 0 radical (unpaired) electrons. The molecule has 204 valence electrons. The Morgan fingerprint density at radius 3 is 2.76 bits per heavy atom. The number of piperazine rings is 1. The normalized spacial score (nSPS) is 37.4. The van der Waals surface area contributed by atoms with Crippen LogP contribution in [0.25, 0.3) is 0 Å². The lowest BCUT2D eigenvalue weighted by Crippen LogP contribution is -2.54. The maximum absolute atomic E-state index is 14.8. The molecule has 5 aliphatic rings. The van der Waals surface area contributed by atoms with Gasteiger partial charge in [-0.2, -0.15) is 13.2 Å². The number of carbonyl (C=O) groups is 1. The van der Waals surface area contributed by atoms with Crippen LogP contribution < -0.4 is 10.2 Å². The summed E-state index contributed by atoms with van der Waals surface area (Å²) in [5.41, 5.74) is -1.62. The summed E-state index contributed by atoms with van der Waals surface area (Å²) in [6.07, 6.45) is 1.60. The molecule has 5 fully saturated rings. The summed E-state index contributed by atoms with van der Waals surface area (Å²) in [5.74, 6) is -0.678. The number of methoxy groups -OCH3 is 1. The van der Waals surface area contributed by atoms with Crippen molar-refractivity contribution in [1.82, 2.24) is 10.2 Å². The zero-order valence-electron chi connectivity index (χ0n) is 21.1. The summed E-state index contributed by atoms with van der Waals surface area (Å²) >= 11 is 0. The molecule has 7 atom stereocenters. The predicted molar refractivity (Wildman–Crippen MR) is 129 cm³/mol. The van der Waals surface area contributed by atoms with Crippen LogP contribution in [0.4, 0.5) is 23.2 Å². The van der Waals surface area contributed by atoms with Crippen molar-refractivity contribution in [2.45, 2.75) is 81.4 Å². The molecule has 2 aliphatic carbocycles. The van der Waals surface area contributed by atoms with Crippen molar-refractivity contribution in [3.05, 3.63) is 29.6 Å². The number of fused-ring (bicyclic) bond motifs is 3. The van der Waals surface area contributed by atoms with Crippen LogP contribution in [0.5, 0.6) is 0 Å². The number of halogens is 4. The van der Waals surface area contributed by atoms with E-state index in [1.165, 1.54) is 12.1 Å². The van der Waals surface area contributed by atoms with E-state index >= 15 is 0 Å². The molecule has 0 spiro atoms. The number of nitrogens with one attached hydrogen (secondary N) is 1. The van der Waals surface area contributed by atoms with Crippen LogP contribution in [0.1, 0.15) is 50.5 Å². The van der Waals surface area contributed by atoms with Gasteiger partial charge in [0.1, 0.15) is 0 Å². The summed E-state index contributed by atoms with van der Waals surface area (Å²) in [5, 5.41) is 3.79. The summed E-state index contributed by atoms with van der Waals surface area (Å²) in [6, 6.07) is 3.67. The SMILES string of the molecule is CO[C@@H]1COCC[C@@H]1N[C@@H]1C[C@H]2CCC[C@@]2(C(=O)N2C[C@@H]3C[C@H]2CN3c2cccc(C(F)(F)F)c2F)C1. The highest BCUT2D eigenvalue weighted by Gasteiger charge is 2.59. The van der Waals surface area contributed by atoms with Gasteiger partial charge in [-0.05, 0) is 56.6 Å². The lowest BCUT2D eigenvalue weighted by Gasteiger charge is -2.41. The number of hydrogen-bond donors (Lipinski definition) is 1. The van der Waals surface area contributed by atoms with Gasteiger partial charge in [0.2, 0.25) is 5.91 Å². The van der Waals surface area contributed by atoms with E-state index in [2.05, 4.69) is 5.32 Å². The van der Waals surface area contributed by atoms with Crippen molar-refractivity contribution >= 4 is 11.6 Å². The van der Waals surface area contributed by atoms with Crippen LogP contribution in [0, 0.1) is 17.2 Å². The minimum Gasteiger partial charge on any atom is -0.379 e. The molecular formula is C27H35F4N3O3. The van der Waals surface area contributed by atoms with E-state index in [1.807, 2.05) is 4.90 Å². The Balaban J connectivity index is 1.15. The van der Waals surface area contributed by atoms with Gasteiger partial charge in [-0.15, -0.1) is 0 Å². The van der Waals surface area contributed by atoms with Crippen molar-refractivity contribution in [2.24, 2.45) is 11.3 Å². The van der Waals surface area contributed by atoms with E-state index < -0.39 is 17.6 Å². The monoisotopic (exact) mass is 525 g/mol. The minimum absolute atomic E-state index is 0.0115. The second-order valence-electron chi connectivity index (χ2n) is 11.6. The summed E-state index contributed by atoms with van der Waals surface area (Å²) in [6.45, 7) is 2.10. The Morgan fingerprint density at radius 1 is 1.19 bits per heavy atom. The molecule has 6 rings (SSSR count). The Bertz CT molecular complexity index is 1040. The second kappa shape index (κ2) is 9.38. The molecule has 1 aromatic rings. The van der Waals surface area contributed by atoms with Gasteiger partial charge < -0.3 is 24.6 Å². The smallest absolute Gasteiger partial charge is 0.379 e. The van der Waals surface area contributed by atoms with Crippen molar-refractivity contribution < 1.29 is 31.8 Å². The number of benzene rings is 1. The van der Waals surface area contributed by atoms with Crippen LogP contribution in [0.15, 0.2) is 18.2 Å². The Kier molecular flexibility index (Phi) is 6.43. The Labute approximate surface area is 214 Å². The standard InChI is InChI=1S/C27H35F4N3O3/c1-36-23-15-37-9-7-21(23)32-17-10-16-4-3-8-26(16,12-17)25(35)34-14-18-11-19(34)13-33(18)22-6-2-5-20(24(22)28)27(29,30)31/h2,5-6,16-19,21,23,32H,3-4,7-15H2,1H3/t16-,17-,18+,19+,21+,23-,26-/m1/s1. The summed E-state index contributed by atoms with van der Waals surface area (Å²) < 4.78 is 65.8. The van der Waals surface area contributed by atoms with Gasteiger partial charge in [0.25, 0.3) is 0 Å². The molecule has 1 N–H and O–H groups in total. The Hall–Kier alpha value is -1.91. The van der Waals surface area contributed by atoms with Crippen LogP contribution >= 0.6 is 0 Å². The van der Waals surface area contributed by atoms with Crippen molar-refractivity contribution in [2.75, 3.05) is 38.3 Å². The molecule has 1 aromatic carbocycles. The van der Waals surface area contributed by atoms with Crippen LogP contribution in [-0.4, -0.2) is 74.5 Å². The lowest BCUT2D eigenvalue weighted by molar-refractivity contribution is -0.144. The molecule has 1 amide bonds. The topological polar surface area (TPSA) is 54.0 Å². The zero-order chi connectivity index (χ0) is 25.9. The van der Waals surface area contributed by atoms with E-state index in [4.69, 9.17) is 9.47 Å². The predicted octanol–water partition coefficient (Wildman–Crippen LogP) is 3.98. The van der Waals surface area contributed by atoms with Gasteiger partial charge in [0, 0.05) is 44.9 Å². The van der Waals surface area contributed by atoms with E-state index in [0.29, 0.717) is 38.6 Å². The number of carbonyl (C=O) groups excluding carboxylic acids is 1. The highest BCUT2D eigenvalue weighted by molar-refractivity contribution is 5.85. The summed E-state index contributed by atoms with van der Waals surface area (Å²) in [4.78, 5) is 17.8. The summed E-state index contributed by atoms with van der Waals surface area (Å²) in [7, 11) is 1.71. The van der Waals surface area contributed by atoms with E-state index in [9.17, 15) is 22.4 Å². The highest BCUT2D eigenvalue weighted by Crippen LogP contribution is 2.56. The third kappa shape index (κ3) is 4.23. The fourth-order valence-electron chi connectivity index (χ4n) is 8.01. The van der Waals surface area contributed by atoms with E-state index in [1.54, 1.807) is 12.0 Å². The molecule has 3 saturated heterocycles. The number of alkyl halides is 3. The fraction of sp³-hybridized carbons (Fsp3) is 0.741. The van der Waals surface area contributed by atoms with Crippen LogP contribution in [0.2, 0.25) is 0 Å². The largest absolute Gasteiger partial charge is 0.419 e. The van der Waals surface area contributed by atoms with Crippen LogP contribution in [0.3, 0.4) is 0 Å². The second-order valence-corrected chi connectivity index (χ2v) is 11.6. The third-order valence-electron chi connectivity index (χ3n) is 9.71. The van der Waals surface area contributed by atoms with Gasteiger partial charge >= 0.3 is 6.18 Å². The number of nitrogens with zero attached hydrogens (tertiary/aromatic N) is 2. The maximum Gasteiger partial charge on any atom is 0.419 e. The van der Waals surface area contributed by atoms with Crippen molar-refractivity contribution in [3.8, 4) is 0 Å². The van der Waals surface area contributed by atoms with Gasteiger partial charge in [0.05, 0.1) is 35.4 Å². The van der Waals surface area contributed by atoms with E-state index in [0.717, 1.165) is 44.6 Å². The molecule has 10 heteroatoms. The first-order valence-corrected chi connectivity index (χ1v) is 13.5. The maximum atomic E-state index is 14.8. The first-order chi connectivity index (χ1) is 17.7. The van der Waals surface area contributed by atoms with Gasteiger partial charge in [-0.25, -0.2) is 4.39 Å². The fourth-order valence-corrected chi connectivity index (χ4v) is 8.01. The number of amides is 1. The third-order valence-corrected chi connectivity index (χ3v) is 9.71. The lowest BCUT2D eigenvalue weighted by atomic mass is 9.78. The first kappa shape index (κ1) is 25.4. The first-order valence-electron chi connectivity index (χ1n) is 13.5. The van der Waals surface area contributed by atoms with Gasteiger partial charge in [-0.3, -0.25) is 4.79 Å². The molecule has 37 heavy (non-hydrogen) atoms. The van der Waals surface area contributed by atoms with Crippen molar-refractivity contribution in [3.63, 3.8) is 0 Å². The van der Waals surface area contributed by atoms with Crippen LogP contribution in [-0.2, 0) is 20.4 Å². The number of rotatable bonds is 5. The molecular weight excluding hydrogens is 490 g/mol. The quantitative estimate of drug-likeness (QED) is 0.590. The average Bonchev–Trinajstić information content (AvgIpc) is 3.63. The molecule has 0 aromatic heterocycles. The van der Waals surface area contributed by atoms with Crippen molar-refractivity contribution in [1.29, 1.82) is 0 Å². The number of ether oxygens (including phenoxy) is 2. The minimum atomic E-state index is -4.74. The highest BCUT2D eigenvalue weighted by atomic mass is 19.4. The molecule has 2 bridgehead atoms.